The lowest BCUT2D eigenvalue weighted by Crippen LogP contribution is -2.49. The molecule has 0 aromatic heterocycles. The number of likely N-dealkylation sites (tertiary alicyclic amines) is 1. The van der Waals surface area contributed by atoms with Crippen LogP contribution in [-0.2, 0) is 9.53 Å². The molecule has 1 atom stereocenters. The van der Waals surface area contributed by atoms with Crippen LogP contribution in [-0.4, -0.2) is 43.1 Å². The van der Waals surface area contributed by atoms with Gasteiger partial charge in [-0.3, -0.25) is 4.90 Å². The van der Waals surface area contributed by atoms with Crippen molar-refractivity contribution in [3.8, 4) is 0 Å². The summed E-state index contributed by atoms with van der Waals surface area (Å²) >= 11 is 0. The summed E-state index contributed by atoms with van der Waals surface area (Å²) in [4.78, 5) is 27.6. The summed E-state index contributed by atoms with van der Waals surface area (Å²) in [5.74, 6) is 0.348. The van der Waals surface area contributed by atoms with Gasteiger partial charge in [0.25, 0.3) is 0 Å². The van der Waals surface area contributed by atoms with Gasteiger partial charge in [0.2, 0.25) is 0 Å². The molecule has 2 aliphatic rings. The molecule has 2 N–H and O–H groups in total. The highest BCUT2D eigenvalue weighted by Gasteiger charge is 2.35. The molecule has 28 heavy (non-hydrogen) atoms. The van der Waals surface area contributed by atoms with Crippen LogP contribution in [0.25, 0.3) is 0 Å². The molecule has 0 aliphatic carbocycles. The van der Waals surface area contributed by atoms with Gasteiger partial charge in [0.05, 0.1) is 18.2 Å². The van der Waals surface area contributed by atoms with Crippen LogP contribution in [0.4, 0.5) is 4.79 Å². The maximum atomic E-state index is 12.9. The number of piperidine rings is 1. The highest BCUT2D eigenvalue weighted by atomic mass is 16.5. The molecule has 2 heterocycles. The topological polar surface area (TPSA) is 70.7 Å². The molecule has 0 spiro atoms. The van der Waals surface area contributed by atoms with Crippen LogP contribution >= 0.6 is 0 Å². The number of nitrogens with one attached hydrogen (secondary N) is 2. The Balaban J connectivity index is 1.99. The highest BCUT2D eigenvalue weighted by molar-refractivity contribution is 5.95. The molecule has 6 heteroatoms. The van der Waals surface area contributed by atoms with Crippen LogP contribution in [0.3, 0.4) is 0 Å². The van der Waals surface area contributed by atoms with Crippen LogP contribution in [0, 0.1) is 19.8 Å². The van der Waals surface area contributed by atoms with Crippen LogP contribution in [0.15, 0.2) is 29.5 Å². The SMILES string of the molecule is CCOC(=O)C1=C(CN2CCC(C)CC2)NC(=O)NC1c1ccc(C)cc1C. The van der Waals surface area contributed by atoms with Gasteiger partial charge < -0.3 is 15.4 Å². The lowest BCUT2D eigenvalue weighted by atomic mass is 9.91. The molecule has 152 valence electrons. The second-order valence-electron chi connectivity index (χ2n) is 7.96. The first-order chi connectivity index (χ1) is 13.4. The molecule has 2 aliphatic heterocycles. The third-order valence-electron chi connectivity index (χ3n) is 5.64. The first-order valence-corrected chi connectivity index (χ1v) is 10.2. The number of amides is 2. The van der Waals surface area contributed by atoms with Crippen molar-refractivity contribution in [3.05, 3.63) is 46.2 Å². The van der Waals surface area contributed by atoms with Crippen molar-refractivity contribution >= 4 is 12.0 Å². The van der Waals surface area contributed by atoms with E-state index in [2.05, 4.69) is 28.5 Å². The molecular formula is C22H31N3O3. The van der Waals surface area contributed by atoms with E-state index in [9.17, 15) is 9.59 Å². The fourth-order valence-corrected chi connectivity index (χ4v) is 4.02. The van der Waals surface area contributed by atoms with Crippen molar-refractivity contribution in [1.82, 2.24) is 15.5 Å². The lowest BCUT2D eigenvalue weighted by Gasteiger charge is -2.35. The smallest absolute Gasteiger partial charge is 0.338 e. The van der Waals surface area contributed by atoms with Gasteiger partial charge in [0.15, 0.2) is 0 Å². The Kier molecular flexibility index (Phi) is 6.39. The van der Waals surface area contributed by atoms with Crippen molar-refractivity contribution in [1.29, 1.82) is 0 Å². The molecule has 1 unspecified atom stereocenters. The van der Waals surface area contributed by atoms with Gasteiger partial charge in [-0.25, -0.2) is 9.59 Å². The zero-order valence-corrected chi connectivity index (χ0v) is 17.3. The molecule has 0 saturated carbocycles. The number of ether oxygens (including phenoxy) is 1. The summed E-state index contributed by atoms with van der Waals surface area (Å²) in [6.45, 7) is 10.9. The Morgan fingerprint density at radius 3 is 2.61 bits per heavy atom. The summed E-state index contributed by atoms with van der Waals surface area (Å²) in [6.07, 6.45) is 2.27. The van der Waals surface area contributed by atoms with E-state index in [-0.39, 0.29) is 12.0 Å². The molecule has 3 rings (SSSR count). The Labute approximate surface area is 167 Å². The Morgan fingerprint density at radius 2 is 1.96 bits per heavy atom. The average Bonchev–Trinajstić information content (AvgIpc) is 2.63. The second-order valence-corrected chi connectivity index (χ2v) is 7.96. The minimum absolute atomic E-state index is 0.279. The average molecular weight is 386 g/mol. The van der Waals surface area contributed by atoms with E-state index >= 15 is 0 Å². The predicted molar refractivity (Wildman–Crippen MR) is 109 cm³/mol. The summed E-state index contributed by atoms with van der Waals surface area (Å²) in [6, 6.07) is 5.27. The van der Waals surface area contributed by atoms with Gasteiger partial charge in [0.1, 0.15) is 0 Å². The standard InChI is InChI=1S/C22H31N3O3/c1-5-28-21(26)19-18(13-25-10-8-14(2)9-11-25)23-22(27)24-20(19)17-7-6-15(3)12-16(17)4/h6-7,12,14,20H,5,8-11,13H2,1-4H3,(H2,23,24,27). The van der Waals surface area contributed by atoms with Crippen molar-refractivity contribution in [2.75, 3.05) is 26.2 Å². The Bertz CT molecular complexity index is 779. The molecular weight excluding hydrogens is 354 g/mol. The van der Waals surface area contributed by atoms with Gasteiger partial charge in [-0.15, -0.1) is 0 Å². The minimum atomic E-state index is -0.507. The third-order valence-corrected chi connectivity index (χ3v) is 5.64. The zero-order chi connectivity index (χ0) is 20.3. The first-order valence-electron chi connectivity index (χ1n) is 10.2. The number of carbonyl (C=O) groups excluding carboxylic acids is 2. The fraction of sp³-hybridized carbons (Fsp3) is 0.545. The number of hydrogen-bond acceptors (Lipinski definition) is 4. The number of benzene rings is 1. The number of nitrogens with zero attached hydrogens (tertiary/aromatic N) is 1. The van der Waals surface area contributed by atoms with E-state index in [4.69, 9.17) is 4.74 Å². The molecule has 6 nitrogen and oxygen atoms in total. The monoisotopic (exact) mass is 385 g/mol. The van der Waals surface area contributed by atoms with Crippen LogP contribution < -0.4 is 10.6 Å². The number of hydrogen-bond donors (Lipinski definition) is 2. The molecule has 1 fully saturated rings. The van der Waals surface area contributed by atoms with E-state index < -0.39 is 6.04 Å². The second kappa shape index (κ2) is 8.78. The summed E-state index contributed by atoms with van der Waals surface area (Å²) in [7, 11) is 0. The van der Waals surface area contributed by atoms with Crippen LogP contribution in [0.5, 0.6) is 0 Å². The number of esters is 1. The Hall–Kier alpha value is -2.34. The summed E-state index contributed by atoms with van der Waals surface area (Å²) < 4.78 is 5.36. The van der Waals surface area contributed by atoms with E-state index in [0.717, 1.165) is 48.5 Å². The summed E-state index contributed by atoms with van der Waals surface area (Å²) in [5, 5.41) is 5.81. The molecule has 1 aromatic carbocycles. The van der Waals surface area contributed by atoms with Crippen LogP contribution in [0.2, 0.25) is 0 Å². The van der Waals surface area contributed by atoms with Gasteiger partial charge >= 0.3 is 12.0 Å². The number of carbonyl (C=O) groups is 2. The summed E-state index contributed by atoms with van der Waals surface area (Å²) in [5.41, 5.74) is 4.27. The largest absolute Gasteiger partial charge is 0.463 e. The first kappa shape index (κ1) is 20.4. The molecule has 0 radical (unpaired) electrons. The van der Waals surface area contributed by atoms with E-state index in [1.165, 1.54) is 0 Å². The van der Waals surface area contributed by atoms with E-state index in [1.807, 2.05) is 26.0 Å². The van der Waals surface area contributed by atoms with Crippen molar-refractivity contribution in [3.63, 3.8) is 0 Å². The van der Waals surface area contributed by atoms with Gasteiger partial charge in [-0.1, -0.05) is 30.7 Å². The zero-order valence-electron chi connectivity index (χ0n) is 17.3. The number of urea groups is 1. The van der Waals surface area contributed by atoms with Crippen molar-refractivity contribution < 1.29 is 14.3 Å². The third kappa shape index (κ3) is 4.55. The van der Waals surface area contributed by atoms with Crippen molar-refractivity contribution in [2.24, 2.45) is 5.92 Å². The number of aryl methyl sites for hydroxylation is 2. The van der Waals surface area contributed by atoms with E-state index in [0.29, 0.717) is 24.4 Å². The van der Waals surface area contributed by atoms with Crippen LogP contribution in [0.1, 0.15) is 49.4 Å². The molecule has 1 aromatic rings. The maximum absolute atomic E-state index is 12.9. The fourth-order valence-electron chi connectivity index (χ4n) is 4.02. The van der Waals surface area contributed by atoms with Gasteiger partial charge in [0, 0.05) is 12.2 Å². The number of rotatable bonds is 5. The maximum Gasteiger partial charge on any atom is 0.338 e. The van der Waals surface area contributed by atoms with E-state index in [1.54, 1.807) is 6.92 Å². The normalized spacial score (nSPS) is 21.3. The molecule has 0 bridgehead atoms. The van der Waals surface area contributed by atoms with Gasteiger partial charge in [-0.2, -0.15) is 0 Å². The highest BCUT2D eigenvalue weighted by Crippen LogP contribution is 2.31. The molecule has 1 saturated heterocycles. The van der Waals surface area contributed by atoms with Gasteiger partial charge in [-0.05, 0) is 63.7 Å². The minimum Gasteiger partial charge on any atom is -0.463 e. The predicted octanol–water partition coefficient (Wildman–Crippen LogP) is 3.21. The molecule has 2 amide bonds. The lowest BCUT2D eigenvalue weighted by molar-refractivity contribution is -0.139. The Morgan fingerprint density at radius 1 is 1.25 bits per heavy atom. The van der Waals surface area contributed by atoms with Crippen molar-refractivity contribution in [2.45, 2.75) is 46.6 Å². The quantitative estimate of drug-likeness (QED) is 0.764.